The van der Waals surface area contributed by atoms with E-state index < -0.39 is 0 Å². The SMILES string of the molecule is O=C(/N=C1\SCN1c1ccc(Cl)cc1)Sc1ccc(Cl)cc1Cl. The highest BCUT2D eigenvalue weighted by atomic mass is 35.5. The number of carbonyl (C=O) groups is 1. The smallest absolute Gasteiger partial charge is 0.311 e. The number of anilines is 1. The molecule has 1 heterocycles. The number of amides is 1. The van der Waals surface area contributed by atoms with Crippen molar-refractivity contribution in [3.05, 3.63) is 57.5 Å². The van der Waals surface area contributed by atoms with E-state index >= 15 is 0 Å². The molecule has 1 amide bonds. The predicted octanol–water partition coefficient (Wildman–Crippen LogP) is 6.43. The Bertz CT molecular complexity index is 781. The highest BCUT2D eigenvalue weighted by molar-refractivity contribution is 8.17. The first-order valence-corrected chi connectivity index (χ1v) is 9.38. The fourth-order valence-electron chi connectivity index (χ4n) is 1.84. The lowest BCUT2D eigenvalue weighted by Crippen LogP contribution is -2.38. The summed E-state index contributed by atoms with van der Waals surface area (Å²) in [6.07, 6.45) is 0. The summed E-state index contributed by atoms with van der Waals surface area (Å²) in [5.74, 6) is 0.750. The van der Waals surface area contributed by atoms with Gasteiger partial charge < -0.3 is 4.90 Å². The van der Waals surface area contributed by atoms with Crippen molar-refractivity contribution in [3.63, 3.8) is 0 Å². The first-order valence-electron chi connectivity index (χ1n) is 6.44. The van der Waals surface area contributed by atoms with Gasteiger partial charge in [0.2, 0.25) is 0 Å². The molecule has 118 valence electrons. The molecule has 0 spiro atoms. The third-order valence-electron chi connectivity index (χ3n) is 2.97. The minimum atomic E-state index is -0.324. The van der Waals surface area contributed by atoms with Crippen molar-refractivity contribution in [3.8, 4) is 0 Å². The van der Waals surface area contributed by atoms with Gasteiger partial charge in [0.15, 0.2) is 5.17 Å². The summed E-state index contributed by atoms with van der Waals surface area (Å²) in [5.41, 5.74) is 0.953. The third-order valence-corrected chi connectivity index (χ3v) is 5.68. The number of hydrogen-bond donors (Lipinski definition) is 0. The highest BCUT2D eigenvalue weighted by Crippen LogP contribution is 2.34. The van der Waals surface area contributed by atoms with Crippen LogP contribution in [0.25, 0.3) is 0 Å². The van der Waals surface area contributed by atoms with Gasteiger partial charge in [-0.25, -0.2) is 0 Å². The van der Waals surface area contributed by atoms with Crippen LogP contribution in [0.3, 0.4) is 0 Å². The molecule has 0 saturated carbocycles. The van der Waals surface area contributed by atoms with Crippen molar-refractivity contribution < 1.29 is 4.79 Å². The number of rotatable bonds is 2. The second-order valence-corrected chi connectivity index (χ2v) is 7.70. The number of thioether (sulfide) groups is 2. The van der Waals surface area contributed by atoms with Crippen LogP contribution in [0.5, 0.6) is 0 Å². The van der Waals surface area contributed by atoms with Crippen LogP contribution in [0.1, 0.15) is 0 Å². The van der Waals surface area contributed by atoms with Crippen molar-refractivity contribution in [1.82, 2.24) is 0 Å². The number of halogens is 3. The molecule has 1 aliphatic heterocycles. The van der Waals surface area contributed by atoms with Crippen LogP contribution in [0.4, 0.5) is 10.5 Å². The molecule has 3 rings (SSSR count). The van der Waals surface area contributed by atoms with Crippen molar-refractivity contribution >= 4 is 74.4 Å². The average Bonchev–Trinajstić information content (AvgIpc) is 2.49. The topological polar surface area (TPSA) is 32.7 Å². The number of aliphatic imine (C=N–C) groups is 1. The largest absolute Gasteiger partial charge is 0.312 e. The summed E-state index contributed by atoms with van der Waals surface area (Å²) < 4.78 is 0. The van der Waals surface area contributed by atoms with Gasteiger partial charge in [-0.05, 0) is 54.2 Å². The average molecular weight is 404 g/mol. The lowest BCUT2D eigenvalue weighted by Gasteiger charge is -2.33. The van der Waals surface area contributed by atoms with Crippen molar-refractivity contribution in [2.45, 2.75) is 4.90 Å². The number of carbonyl (C=O) groups excluding carboxylic acids is 1. The van der Waals surface area contributed by atoms with Crippen molar-refractivity contribution in [2.75, 3.05) is 10.8 Å². The van der Waals surface area contributed by atoms with E-state index in [4.69, 9.17) is 34.8 Å². The van der Waals surface area contributed by atoms with Crippen LogP contribution in [0, 0.1) is 0 Å². The Labute approximate surface area is 157 Å². The standard InChI is InChI=1S/C15H9Cl3N2OS2/c16-9-1-4-11(5-2-9)20-8-22-14(20)19-15(21)23-13-6-3-10(17)7-12(13)18/h1-7H,8H2/b19-14-. The van der Waals surface area contributed by atoms with E-state index in [1.54, 1.807) is 18.2 Å². The van der Waals surface area contributed by atoms with Gasteiger partial charge in [-0.2, -0.15) is 4.99 Å². The lowest BCUT2D eigenvalue weighted by molar-refractivity contribution is 0.267. The van der Waals surface area contributed by atoms with E-state index in [0.29, 0.717) is 25.1 Å². The molecule has 1 fully saturated rings. The van der Waals surface area contributed by atoms with Crippen LogP contribution in [0.2, 0.25) is 15.1 Å². The minimum Gasteiger partial charge on any atom is -0.311 e. The van der Waals surface area contributed by atoms with E-state index in [0.717, 1.165) is 23.3 Å². The minimum absolute atomic E-state index is 0.324. The molecule has 23 heavy (non-hydrogen) atoms. The zero-order valence-electron chi connectivity index (χ0n) is 11.5. The van der Waals surface area contributed by atoms with Gasteiger partial charge >= 0.3 is 5.24 Å². The van der Waals surface area contributed by atoms with Crippen LogP contribution in [-0.4, -0.2) is 16.3 Å². The highest BCUT2D eigenvalue weighted by Gasteiger charge is 2.25. The van der Waals surface area contributed by atoms with Gasteiger partial charge in [0, 0.05) is 20.6 Å². The van der Waals surface area contributed by atoms with Crippen molar-refractivity contribution in [2.24, 2.45) is 4.99 Å². The summed E-state index contributed by atoms with van der Waals surface area (Å²) in [6, 6.07) is 12.4. The van der Waals surface area contributed by atoms with Gasteiger partial charge in [0.25, 0.3) is 0 Å². The predicted molar refractivity (Wildman–Crippen MR) is 102 cm³/mol. The van der Waals surface area contributed by atoms with Crippen LogP contribution >= 0.6 is 58.3 Å². The molecule has 2 aromatic rings. The Morgan fingerprint density at radius 3 is 2.39 bits per heavy atom. The maximum absolute atomic E-state index is 12.1. The molecule has 8 heteroatoms. The number of amidine groups is 1. The summed E-state index contributed by atoms with van der Waals surface area (Å²) in [6.45, 7) is 0. The van der Waals surface area contributed by atoms with E-state index in [9.17, 15) is 4.79 Å². The monoisotopic (exact) mass is 402 g/mol. The second-order valence-electron chi connectivity index (χ2n) is 4.51. The third kappa shape index (κ3) is 4.17. The van der Waals surface area contributed by atoms with Gasteiger partial charge in [-0.15, -0.1) is 0 Å². The summed E-state index contributed by atoms with van der Waals surface area (Å²) in [4.78, 5) is 18.8. The number of hydrogen-bond acceptors (Lipinski definition) is 3. The Morgan fingerprint density at radius 2 is 1.78 bits per heavy atom. The summed E-state index contributed by atoms with van der Waals surface area (Å²) >= 11 is 20.3. The maximum Gasteiger partial charge on any atom is 0.312 e. The van der Waals surface area contributed by atoms with Crippen molar-refractivity contribution in [1.29, 1.82) is 0 Å². The first kappa shape index (κ1) is 17.0. The molecule has 0 bridgehead atoms. The Hall–Kier alpha value is -0.850. The van der Waals surface area contributed by atoms with E-state index in [2.05, 4.69) is 4.99 Å². The molecule has 0 unspecified atom stereocenters. The van der Waals surface area contributed by atoms with E-state index in [1.165, 1.54) is 11.8 Å². The van der Waals surface area contributed by atoms with Gasteiger partial charge in [-0.3, -0.25) is 4.79 Å². The molecular formula is C15H9Cl3N2OS2. The van der Waals surface area contributed by atoms with E-state index in [1.807, 2.05) is 29.2 Å². The summed E-state index contributed by atoms with van der Waals surface area (Å²) in [7, 11) is 0. The van der Waals surface area contributed by atoms with Crippen LogP contribution in [0.15, 0.2) is 52.4 Å². The Morgan fingerprint density at radius 1 is 1.09 bits per heavy atom. The molecule has 3 nitrogen and oxygen atoms in total. The Kier molecular flexibility index (Phi) is 5.44. The maximum atomic E-state index is 12.1. The van der Waals surface area contributed by atoms with Crippen LogP contribution < -0.4 is 4.90 Å². The molecule has 0 N–H and O–H groups in total. The molecule has 2 aromatic carbocycles. The first-order chi connectivity index (χ1) is 11.0. The summed E-state index contributed by atoms with van der Waals surface area (Å²) in [5, 5.41) is 1.98. The number of benzene rings is 2. The number of nitrogens with zero attached hydrogens (tertiary/aromatic N) is 2. The Balaban J connectivity index is 1.71. The molecule has 0 atom stereocenters. The molecule has 0 aromatic heterocycles. The fraction of sp³-hybridized carbons (Fsp3) is 0.0667. The molecule has 0 radical (unpaired) electrons. The zero-order valence-corrected chi connectivity index (χ0v) is 15.4. The molecule has 1 saturated heterocycles. The lowest BCUT2D eigenvalue weighted by atomic mass is 10.3. The quantitative estimate of drug-likeness (QED) is 0.541. The molecular weight excluding hydrogens is 395 g/mol. The molecule has 0 aliphatic carbocycles. The van der Waals surface area contributed by atoms with Gasteiger partial charge in [-0.1, -0.05) is 46.6 Å². The van der Waals surface area contributed by atoms with Gasteiger partial charge in [0.1, 0.15) is 0 Å². The normalized spacial score (nSPS) is 15.6. The second kappa shape index (κ2) is 7.36. The van der Waals surface area contributed by atoms with E-state index in [-0.39, 0.29) is 5.24 Å². The zero-order chi connectivity index (χ0) is 16.4. The molecule has 1 aliphatic rings. The van der Waals surface area contributed by atoms with Gasteiger partial charge in [0.05, 0.1) is 10.9 Å². The fourth-order valence-corrected chi connectivity index (χ4v) is 3.93. The van der Waals surface area contributed by atoms with Crippen LogP contribution in [-0.2, 0) is 0 Å².